The van der Waals surface area contributed by atoms with E-state index in [1.165, 1.54) is 12.1 Å². The highest BCUT2D eigenvalue weighted by atomic mass is 79.9. The smallest absolute Gasteiger partial charge is 0.306 e. The van der Waals surface area contributed by atoms with Crippen LogP contribution < -0.4 is 0 Å². The molecule has 166 valence electrons. The molecule has 31 heavy (non-hydrogen) atoms. The van der Waals surface area contributed by atoms with Gasteiger partial charge in [0, 0.05) is 15.9 Å². The lowest BCUT2D eigenvalue weighted by Gasteiger charge is -2.25. The highest BCUT2D eigenvalue weighted by Crippen LogP contribution is 2.42. The summed E-state index contributed by atoms with van der Waals surface area (Å²) in [7, 11) is -4.05. The Kier molecular flexibility index (Phi) is 7.13. The predicted octanol–water partition coefficient (Wildman–Crippen LogP) is 3.72. The van der Waals surface area contributed by atoms with Crippen molar-refractivity contribution >= 4 is 31.9 Å². The van der Waals surface area contributed by atoms with Crippen molar-refractivity contribution in [3.63, 3.8) is 0 Å². The molecule has 0 aliphatic carbocycles. The van der Waals surface area contributed by atoms with Gasteiger partial charge < -0.3 is 4.74 Å². The molecular formula is C21H23BrN2O6S. The lowest BCUT2D eigenvalue weighted by Crippen LogP contribution is -2.36. The van der Waals surface area contributed by atoms with E-state index in [9.17, 15) is 23.3 Å². The molecule has 3 atom stereocenters. The molecular weight excluding hydrogens is 488 g/mol. The first-order valence-electron chi connectivity index (χ1n) is 9.78. The summed E-state index contributed by atoms with van der Waals surface area (Å²) < 4.78 is 33.9. The van der Waals surface area contributed by atoms with Gasteiger partial charge in [0.1, 0.15) is 6.04 Å². The van der Waals surface area contributed by atoms with Crippen LogP contribution in [0.3, 0.4) is 0 Å². The Morgan fingerprint density at radius 3 is 2.35 bits per heavy atom. The van der Waals surface area contributed by atoms with Crippen molar-refractivity contribution in [2.75, 3.05) is 13.2 Å². The summed E-state index contributed by atoms with van der Waals surface area (Å²) in [5.74, 6) is -1.40. The van der Waals surface area contributed by atoms with Crippen molar-refractivity contribution in [1.82, 2.24) is 4.31 Å². The summed E-state index contributed by atoms with van der Waals surface area (Å²) in [6.45, 7) is 3.49. The molecule has 1 fully saturated rings. The van der Waals surface area contributed by atoms with Crippen molar-refractivity contribution in [2.24, 2.45) is 5.92 Å². The van der Waals surface area contributed by atoms with Gasteiger partial charge in [0.25, 0.3) is 0 Å². The molecule has 0 radical (unpaired) electrons. The molecule has 1 aliphatic rings. The normalized spacial score (nSPS) is 21.7. The number of halogens is 1. The Balaban J connectivity index is 2.09. The lowest BCUT2D eigenvalue weighted by molar-refractivity contribution is -0.532. The highest BCUT2D eigenvalue weighted by Gasteiger charge is 2.55. The van der Waals surface area contributed by atoms with Gasteiger partial charge >= 0.3 is 5.97 Å². The minimum atomic E-state index is -4.05. The third-order valence-electron chi connectivity index (χ3n) is 5.35. The molecule has 0 unspecified atom stereocenters. The van der Waals surface area contributed by atoms with Gasteiger partial charge in [0.2, 0.25) is 16.1 Å². The molecule has 0 amide bonds. The summed E-state index contributed by atoms with van der Waals surface area (Å²) in [4.78, 5) is 23.7. The number of hydrogen-bond donors (Lipinski definition) is 0. The van der Waals surface area contributed by atoms with Gasteiger partial charge in [-0.3, -0.25) is 14.9 Å². The number of carbonyl (C=O) groups is 1. The molecule has 2 aromatic rings. The summed E-state index contributed by atoms with van der Waals surface area (Å²) in [5.41, 5.74) is 1.39. The van der Waals surface area contributed by atoms with Crippen LogP contribution in [0.1, 0.15) is 30.5 Å². The second-order valence-corrected chi connectivity index (χ2v) is 10.2. The average Bonchev–Trinajstić information content (AvgIpc) is 3.09. The first-order chi connectivity index (χ1) is 14.6. The standard InChI is InChI=1S/C21H23BrN2O6S/c1-3-30-19(25)12-16-13-23(31(28,29)18-10-4-14(2)5-11-18)20(21(16)24(26)27)15-6-8-17(22)9-7-15/h4-11,16,20-21H,3,12-13H2,1-2H3/t16-,20-,21+/m0/s1. The van der Waals surface area contributed by atoms with Gasteiger partial charge in [-0.05, 0) is 43.7 Å². The average molecular weight is 511 g/mol. The second-order valence-electron chi connectivity index (χ2n) is 7.43. The van der Waals surface area contributed by atoms with Crippen LogP contribution >= 0.6 is 15.9 Å². The Morgan fingerprint density at radius 2 is 1.81 bits per heavy atom. The highest BCUT2D eigenvalue weighted by molar-refractivity contribution is 9.10. The number of carbonyl (C=O) groups excluding carboxylic acids is 1. The second kappa shape index (κ2) is 9.46. The molecule has 1 aliphatic heterocycles. The Labute approximate surface area is 189 Å². The maximum Gasteiger partial charge on any atom is 0.306 e. The molecule has 0 saturated carbocycles. The molecule has 3 rings (SSSR count). The Hall–Kier alpha value is -2.30. The van der Waals surface area contributed by atoms with E-state index >= 15 is 0 Å². The molecule has 1 saturated heterocycles. The monoisotopic (exact) mass is 510 g/mol. The van der Waals surface area contributed by atoms with Crippen LogP contribution in [-0.4, -0.2) is 42.8 Å². The predicted molar refractivity (Wildman–Crippen MR) is 117 cm³/mol. The number of aryl methyl sites for hydroxylation is 1. The van der Waals surface area contributed by atoms with Gasteiger partial charge in [-0.25, -0.2) is 8.42 Å². The number of sulfonamides is 1. The summed E-state index contributed by atoms with van der Waals surface area (Å²) in [6.07, 6.45) is -0.230. The number of rotatable bonds is 7. The fourth-order valence-corrected chi connectivity index (χ4v) is 5.85. The summed E-state index contributed by atoms with van der Waals surface area (Å²) in [5, 5.41) is 12.1. The van der Waals surface area contributed by atoms with Crippen molar-refractivity contribution in [1.29, 1.82) is 0 Å². The number of ether oxygens (including phenoxy) is 1. The van der Waals surface area contributed by atoms with Gasteiger partial charge in [0.05, 0.1) is 23.8 Å². The first kappa shape index (κ1) is 23.4. The minimum absolute atomic E-state index is 0.0547. The third-order valence-corrected chi connectivity index (χ3v) is 7.74. The van der Waals surface area contributed by atoms with Crippen LogP contribution in [0.4, 0.5) is 0 Å². The van der Waals surface area contributed by atoms with E-state index < -0.39 is 38.9 Å². The van der Waals surface area contributed by atoms with Crippen LogP contribution in [0, 0.1) is 23.0 Å². The fraction of sp³-hybridized carbons (Fsp3) is 0.381. The molecule has 0 N–H and O–H groups in total. The topological polar surface area (TPSA) is 107 Å². The van der Waals surface area contributed by atoms with Crippen LogP contribution in [-0.2, 0) is 19.6 Å². The lowest BCUT2D eigenvalue weighted by atomic mass is 9.92. The largest absolute Gasteiger partial charge is 0.466 e. The number of esters is 1. The van der Waals surface area contributed by atoms with Gasteiger partial charge in [-0.1, -0.05) is 45.8 Å². The zero-order valence-corrected chi connectivity index (χ0v) is 19.5. The molecule has 0 spiro atoms. The van der Waals surface area contributed by atoms with Crippen LogP contribution in [0.15, 0.2) is 57.9 Å². The van der Waals surface area contributed by atoms with E-state index in [1.807, 2.05) is 6.92 Å². The van der Waals surface area contributed by atoms with Crippen molar-refractivity contribution in [3.05, 3.63) is 74.2 Å². The molecule has 0 bridgehead atoms. The van der Waals surface area contributed by atoms with Crippen LogP contribution in [0.2, 0.25) is 0 Å². The number of hydrogen-bond acceptors (Lipinski definition) is 6. The minimum Gasteiger partial charge on any atom is -0.466 e. The number of benzene rings is 2. The van der Waals surface area contributed by atoms with Crippen LogP contribution in [0.5, 0.6) is 0 Å². The van der Waals surface area contributed by atoms with Crippen molar-refractivity contribution < 1.29 is 22.9 Å². The van der Waals surface area contributed by atoms with Gasteiger partial charge in [-0.15, -0.1) is 0 Å². The van der Waals surface area contributed by atoms with Gasteiger partial charge in [0.15, 0.2) is 0 Å². The van der Waals surface area contributed by atoms with Crippen LogP contribution in [0.25, 0.3) is 0 Å². The molecule has 10 heteroatoms. The molecule has 1 heterocycles. The fourth-order valence-electron chi connectivity index (χ4n) is 3.90. The zero-order valence-electron chi connectivity index (χ0n) is 17.1. The number of nitrogens with zero attached hydrogens (tertiary/aromatic N) is 2. The quantitative estimate of drug-likeness (QED) is 0.319. The zero-order chi connectivity index (χ0) is 22.8. The summed E-state index contributed by atoms with van der Waals surface area (Å²) >= 11 is 3.33. The van der Waals surface area contributed by atoms with E-state index in [2.05, 4.69) is 15.9 Å². The van der Waals surface area contributed by atoms with E-state index in [0.29, 0.717) is 5.56 Å². The van der Waals surface area contributed by atoms with Gasteiger partial charge in [-0.2, -0.15) is 4.31 Å². The molecule has 2 aromatic carbocycles. The van der Waals surface area contributed by atoms with E-state index in [-0.39, 0.29) is 24.5 Å². The molecule has 8 nitrogen and oxygen atoms in total. The number of nitro groups is 1. The maximum absolute atomic E-state index is 13.5. The summed E-state index contributed by atoms with van der Waals surface area (Å²) in [6, 6.07) is 10.7. The third kappa shape index (κ3) is 4.97. The van der Waals surface area contributed by atoms with Crippen molar-refractivity contribution in [3.8, 4) is 0 Å². The Morgan fingerprint density at radius 1 is 1.19 bits per heavy atom. The van der Waals surface area contributed by atoms with E-state index in [4.69, 9.17) is 4.74 Å². The SMILES string of the molecule is CCOC(=O)C[C@H]1CN(S(=O)(=O)c2ccc(C)cc2)[C@@H](c2ccc(Br)cc2)[C@@H]1[N+](=O)[O-]. The van der Waals surface area contributed by atoms with E-state index in [1.54, 1.807) is 43.3 Å². The maximum atomic E-state index is 13.5. The van der Waals surface area contributed by atoms with E-state index in [0.717, 1.165) is 14.3 Å². The molecule has 0 aromatic heterocycles. The Bertz CT molecular complexity index is 1060. The first-order valence-corrected chi connectivity index (χ1v) is 12.0. The van der Waals surface area contributed by atoms with Crippen molar-refractivity contribution in [2.45, 2.75) is 37.2 Å².